The maximum absolute atomic E-state index is 12.1. The molecule has 0 saturated heterocycles. The number of halogens is 1. The first-order valence-corrected chi connectivity index (χ1v) is 10.4. The van der Waals surface area contributed by atoms with Crippen molar-refractivity contribution < 1.29 is 14.3 Å². The molecule has 0 aliphatic carbocycles. The molecule has 0 saturated carbocycles. The molecule has 0 unspecified atom stereocenters. The third-order valence-corrected chi connectivity index (χ3v) is 4.95. The number of hydrogen-bond donors (Lipinski definition) is 1. The average Bonchev–Trinajstić information content (AvgIpc) is 3.24. The number of amides is 1. The Labute approximate surface area is 184 Å². The van der Waals surface area contributed by atoms with E-state index in [0.717, 1.165) is 39.2 Å². The van der Waals surface area contributed by atoms with E-state index in [-0.39, 0.29) is 5.91 Å². The van der Waals surface area contributed by atoms with E-state index in [2.05, 4.69) is 26.3 Å². The number of carbonyl (C=O) groups excluding carboxylic acids is 1. The van der Waals surface area contributed by atoms with Crippen LogP contribution in [0.3, 0.4) is 0 Å². The van der Waals surface area contributed by atoms with Crippen LogP contribution in [0.1, 0.15) is 23.6 Å². The minimum absolute atomic E-state index is 0.164. The molecular formula is C23H24BrN3O3. The number of methoxy groups -OCH3 is 1. The molecule has 0 aliphatic rings. The molecule has 3 aromatic rings. The normalized spacial score (nSPS) is 10.9. The van der Waals surface area contributed by atoms with Gasteiger partial charge in [0.1, 0.15) is 18.1 Å². The van der Waals surface area contributed by atoms with Gasteiger partial charge < -0.3 is 14.8 Å². The van der Waals surface area contributed by atoms with Gasteiger partial charge in [0, 0.05) is 41.0 Å². The van der Waals surface area contributed by atoms with Gasteiger partial charge in [-0.25, -0.2) is 0 Å². The van der Waals surface area contributed by atoms with Crippen molar-refractivity contribution in [2.75, 3.05) is 7.11 Å². The maximum atomic E-state index is 12.1. The maximum Gasteiger partial charge on any atom is 0.244 e. The van der Waals surface area contributed by atoms with Crippen molar-refractivity contribution in [3.05, 3.63) is 82.1 Å². The van der Waals surface area contributed by atoms with Crippen LogP contribution in [0.5, 0.6) is 11.5 Å². The van der Waals surface area contributed by atoms with Crippen molar-refractivity contribution in [2.24, 2.45) is 0 Å². The summed E-state index contributed by atoms with van der Waals surface area (Å²) in [6.07, 6.45) is 6.97. The highest BCUT2D eigenvalue weighted by atomic mass is 79.9. The van der Waals surface area contributed by atoms with E-state index in [1.54, 1.807) is 19.4 Å². The van der Waals surface area contributed by atoms with Crippen molar-refractivity contribution >= 4 is 27.9 Å². The lowest BCUT2D eigenvalue weighted by molar-refractivity contribution is -0.116. The van der Waals surface area contributed by atoms with Gasteiger partial charge in [-0.1, -0.05) is 22.0 Å². The van der Waals surface area contributed by atoms with Crippen molar-refractivity contribution in [3.8, 4) is 11.5 Å². The second-order valence-electron chi connectivity index (χ2n) is 6.57. The highest BCUT2D eigenvalue weighted by Gasteiger charge is 2.06. The SMILES string of the molecule is CCn1cc(CNC(=O)/C=C/c2ccc(OC)c(COc3ccc(Br)cc3)c2)cn1. The summed E-state index contributed by atoms with van der Waals surface area (Å²) < 4.78 is 14.1. The van der Waals surface area contributed by atoms with Crippen LogP contribution in [0.25, 0.3) is 6.08 Å². The number of aromatic nitrogens is 2. The first kappa shape index (κ1) is 21.6. The summed E-state index contributed by atoms with van der Waals surface area (Å²) in [4.78, 5) is 12.1. The van der Waals surface area contributed by atoms with E-state index in [1.807, 2.05) is 60.3 Å². The van der Waals surface area contributed by atoms with Crippen molar-refractivity contribution in [1.29, 1.82) is 0 Å². The lowest BCUT2D eigenvalue weighted by Gasteiger charge is -2.11. The van der Waals surface area contributed by atoms with Gasteiger partial charge in [0.15, 0.2) is 0 Å². The fraction of sp³-hybridized carbons (Fsp3) is 0.217. The zero-order valence-electron chi connectivity index (χ0n) is 17.0. The molecule has 2 aromatic carbocycles. The Hall–Kier alpha value is -3.06. The fourth-order valence-corrected chi connectivity index (χ4v) is 3.06. The van der Waals surface area contributed by atoms with Gasteiger partial charge in [-0.3, -0.25) is 9.48 Å². The third-order valence-electron chi connectivity index (χ3n) is 4.42. The molecule has 0 atom stereocenters. The molecule has 1 heterocycles. The van der Waals surface area contributed by atoms with Crippen LogP contribution < -0.4 is 14.8 Å². The minimum atomic E-state index is -0.164. The van der Waals surface area contributed by atoms with Crippen molar-refractivity contribution in [2.45, 2.75) is 26.6 Å². The van der Waals surface area contributed by atoms with Gasteiger partial charge in [-0.15, -0.1) is 0 Å². The topological polar surface area (TPSA) is 65.4 Å². The lowest BCUT2D eigenvalue weighted by atomic mass is 10.1. The second kappa shape index (κ2) is 10.6. The Bertz CT molecular complexity index is 1010. The van der Waals surface area contributed by atoms with Gasteiger partial charge in [0.25, 0.3) is 0 Å². The highest BCUT2D eigenvalue weighted by Crippen LogP contribution is 2.23. The zero-order chi connectivity index (χ0) is 21.3. The largest absolute Gasteiger partial charge is 0.496 e. The van der Waals surface area contributed by atoms with Crippen LogP contribution in [0.15, 0.2) is 65.4 Å². The Morgan fingerprint density at radius 1 is 1.23 bits per heavy atom. The van der Waals surface area contributed by atoms with Crippen LogP contribution in [0.4, 0.5) is 0 Å². The summed E-state index contributed by atoms with van der Waals surface area (Å²) in [5, 5.41) is 7.06. The van der Waals surface area contributed by atoms with Gasteiger partial charge >= 0.3 is 0 Å². The van der Waals surface area contributed by atoms with E-state index in [0.29, 0.717) is 13.2 Å². The first-order valence-electron chi connectivity index (χ1n) is 9.60. The van der Waals surface area contributed by atoms with Crippen LogP contribution in [-0.4, -0.2) is 22.8 Å². The number of hydrogen-bond acceptors (Lipinski definition) is 4. The molecule has 0 aliphatic heterocycles. The Kier molecular flexibility index (Phi) is 7.68. The number of carbonyl (C=O) groups is 1. The molecule has 0 radical (unpaired) electrons. The smallest absolute Gasteiger partial charge is 0.244 e. The monoisotopic (exact) mass is 469 g/mol. The summed E-state index contributed by atoms with van der Waals surface area (Å²) in [6.45, 7) is 3.63. The van der Waals surface area contributed by atoms with Gasteiger partial charge in [-0.05, 0) is 55.0 Å². The Morgan fingerprint density at radius 2 is 2.03 bits per heavy atom. The predicted octanol–water partition coefficient (Wildman–Crippen LogP) is 4.58. The van der Waals surface area contributed by atoms with Crippen molar-refractivity contribution in [1.82, 2.24) is 15.1 Å². The summed E-state index contributed by atoms with van der Waals surface area (Å²) in [7, 11) is 1.63. The summed E-state index contributed by atoms with van der Waals surface area (Å²) in [5.41, 5.74) is 2.75. The minimum Gasteiger partial charge on any atom is -0.496 e. The molecule has 156 valence electrons. The Balaban J connectivity index is 1.60. The molecule has 30 heavy (non-hydrogen) atoms. The fourth-order valence-electron chi connectivity index (χ4n) is 2.80. The number of nitrogens with one attached hydrogen (secondary N) is 1. The van der Waals surface area contributed by atoms with E-state index in [1.165, 1.54) is 6.08 Å². The molecule has 1 amide bonds. The van der Waals surface area contributed by atoms with E-state index >= 15 is 0 Å². The predicted molar refractivity (Wildman–Crippen MR) is 120 cm³/mol. The molecular weight excluding hydrogens is 446 g/mol. The van der Waals surface area contributed by atoms with E-state index in [4.69, 9.17) is 9.47 Å². The summed E-state index contributed by atoms with van der Waals surface area (Å²) in [5.74, 6) is 1.34. The number of aryl methyl sites for hydroxylation is 1. The molecule has 6 nitrogen and oxygen atoms in total. The molecule has 3 rings (SSSR count). The number of rotatable bonds is 9. The number of nitrogens with zero attached hydrogens (tertiary/aromatic N) is 2. The summed E-state index contributed by atoms with van der Waals surface area (Å²) >= 11 is 3.41. The highest BCUT2D eigenvalue weighted by molar-refractivity contribution is 9.10. The standard InChI is InChI=1S/C23H24BrN3O3/c1-3-27-15-18(14-26-27)13-25-23(28)11-5-17-4-10-22(29-2)19(12-17)16-30-21-8-6-20(24)7-9-21/h4-12,14-15H,3,13,16H2,1-2H3,(H,25,28)/b11-5+. The number of benzene rings is 2. The van der Waals surface area contributed by atoms with E-state index < -0.39 is 0 Å². The van der Waals surface area contributed by atoms with Crippen LogP contribution in [-0.2, 0) is 24.5 Å². The third kappa shape index (κ3) is 6.22. The molecule has 0 fully saturated rings. The van der Waals surface area contributed by atoms with Gasteiger partial charge in [-0.2, -0.15) is 5.10 Å². The van der Waals surface area contributed by atoms with E-state index in [9.17, 15) is 4.79 Å². The van der Waals surface area contributed by atoms with Gasteiger partial charge in [0.2, 0.25) is 5.91 Å². The lowest BCUT2D eigenvalue weighted by Crippen LogP contribution is -2.19. The first-order chi connectivity index (χ1) is 14.6. The average molecular weight is 470 g/mol. The Morgan fingerprint density at radius 3 is 2.73 bits per heavy atom. The molecule has 7 heteroatoms. The quantitative estimate of drug-likeness (QED) is 0.465. The second-order valence-corrected chi connectivity index (χ2v) is 7.48. The molecule has 0 bridgehead atoms. The molecule has 1 aromatic heterocycles. The van der Waals surface area contributed by atoms with Crippen LogP contribution in [0, 0.1) is 0 Å². The van der Waals surface area contributed by atoms with Crippen LogP contribution >= 0.6 is 15.9 Å². The zero-order valence-corrected chi connectivity index (χ0v) is 18.6. The van der Waals surface area contributed by atoms with Gasteiger partial charge in [0.05, 0.1) is 13.3 Å². The molecule has 1 N–H and O–H groups in total. The van der Waals surface area contributed by atoms with Crippen molar-refractivity contribution in [3.63, 3.8) is 0 Å². The van der Waals surface area contributed by atoms with Crippen LogP contribution in [0.2, 0.25) is 0 Å². The summed E-state index contributed by atoms with van der Waals surface area (Å²) in [6, 6.07) is 13.4. The molecule has 0 spiro atoms. The number of ether oxygens (including phenoxy) is 2.